The molecule has 0 unspecified atom stereocenters. The van der Waals surface area contributed by atoms with E-state index in [1.54, 1.807) is 0 Å². The predicted octanol–water partition coefficient (Wildman–Crippen LogP) is 3.73. The summed E-state index contributed by atoms with van der Waals surface area (Å²) in [5, 5.41) is 0. The van der Waals surface area contributed by atoms with Crippen molar-refractivity contribution in [1.29, 1.82) is 0 Å². The molecule has 2 heterocycles. The zero-order valence-electron chi connectivity index (χ0n) is 19.0. The van der Waals surface area contributed by atoms with Crippen LogP contribution in [0.15, 0.2) is 48.5 Å². The Labute approximate surface area is 186 Å². The summed E-state index contributed by atoms with van der Waals surface area (Å²) < 4.78 is 0. The molecule has 1 amide bonds. The van der Waals surface area contributed by atoms with Gasteiger partial charge in [-0.25, -0.2) is 0 Å². The van der Waals surface area contributed by atoms with Gasteiger partial charge in [-0.15, -0.1) is 0 Å². The standard InChI is InChI=1S/C26H36N4O/c1-28(2)24-12-5-4-11-23(24)22-10-8-9-21(19-22)20-29-17-13-26(14-18-29,25(27)31)30-15-6-3-7-16-30/h4-5,8-12,19H,3,6-7,13-18,20H2,1-2H3,(H2,27,31). The largest absolute Gasteiger partial charge is 0.377 e. The number of rotatable bonds is 6. The lowest BCUT2D eigenvalue weighted by Gasteiger charge is -2.48. The summed E-state index contributed by atoms with van der Waals surface area (Å²) in [4.78, 5) is 19.5. The molecular formula is C26H36N4O. The van der Waals surface area contributed by atoms with E-state index in [1.165, 1.54) is 41.6 Å². The predicted molar refractivity (Wildman–Crippen MR) is 128 cm³/mol. The van der Waals surface area contributed by atoms with E-state index < -0.39 is 5.54 Å². The van der Waals surface area contributed by atoms with Crippen molar-refractivity contribution in [2.75, 3.05) is 45.2 Å². The second-order valence-corrected chi connectivity index (χ2v) is 9.33. The van der Waals surface area contributed by atoms with Crippen LogP contribution in [0.3, 0.4) is 0 Å². The number of carbonyl (C=O) groups excluding carboxylic acids is 1. The van der Waals surface area contributed by atoms with Crippen molar-refractivity contribution >= 4 is 11.6 Å². The third-order valence-corrected chi connectivity index (χ3v) is 7.13. The van der Waals surface area contributed by atoms with E-state index in [9.17, 15) is 4.79 Å². The molecule has 0 bridgehead atoms. The molecule has 0 saturated carbocycles. The summed E-state index contributed by atoms with van der Waals surface area (Å²) in [6, 6.07) is 17.4. The van der Waals surface area contributed by atoms with Gasteiger partial charge in [0, 0.05) is 45.0 Å². The molecule has 0 atom stereocenters. The molecule has 4 rings (SSSR count). The Morgan fingerprint density at radius 2 is 1.68 bits per heavy atom. The van der Waals surface area contributed by atoms with Gasteiger partial charge in [-0.2, -0.15) is 0 Å². The van der Waals surface area contributed by atoms with Crippen molar-refractivity contribution < 1.29 is 4.79 Å². The summed E-state index contributed by atoms with van der Waals surface area (Å²) >= 11 is 0. The number of nitrogens with two attached hydrogens (primary N) is 1. The molecule has 0 spiro atoms. The van der Waals surface area contributed by atoms with Gasteiger partial charge in [-0.05, 0) is 62.0 Å². The fourth-order valence-corrected chi connectivity index (χ4v) is 5.32. The van der Waals surface area contributed by atoms with Gasteiger partial charge in [0.2, 0.25) is 5.91 Å². The molecule has 5 heteroatoms. The van der Waals surface area contributed by atoms with Crippen LogP contribution in [0.25, 0.3) is 11.1 Å². The fraction of sp³-hybridized carbons (Fsp3) is 0.500. The number of para-hydroxylation sites is 1. The maximum Gasteiger partial charge on any atom is 0.238 e. The Bertz CT molecular complexity index is 896. The SMILES string of the molecule is CN(C)c1ccccc1-c1cccc(CN2CCC(C(N)=O)(N3CCCCC3)CC2)c1. The number of nitrogens with zero attached hydrogens (tertiary/aromatic N) is 3. The first-order valence-corrected chi connectivity index (χ1v) is 11.6. The van der Waals surface area contributed by atoms with Crippen LogP contribution in [-0.4, -0.2) is 61.5 Å². The van der Waals surface area contributed by atoms with Crippen LogP contribution >= 0.6 is 0 Å². The monoisotopic (exact) mass is 420 g/mol. The van der Waals surface area contributed by atoms with Crippen molar-refractivity contribution in [1.82, 2.24) is 9.80 Å². The Hall–Kier alpha value is -2.37. The number of likely N-dealkylation sites (tertiary alicyclic amines) is 2. The maximum atomic E-state index is 12.5. The van der Waals surface area contributed by atoms with Crippen LogP contribution in [0, 0.1) is 0 Å². The summed E-state index contributed by atoms with van der Waals surface area (Å²) in [5.41, 5.74) is 10.6. The number of benzene rings is 2. The van der Waals surface area contributed by atoms with E-state index >= 15 is 0 Å². The normalized spacial score (nSPS) is 19.8. The molecule has 2 aliphatic rings. The molecule has 2 saturated heterocycles. The maximum absolute atomic E-state index is 12.5. The third kappa shape index (κ3) is 4.63. The molecule has 2 aromatic carbocycles. The van der Waals surface area contributed by atoms with Gasteiger partial charge in [0.25, 0.3) is 0 Å². The van der Waals surface area contributed by atoms with Crippen LogP contribution in [0.5, 0.6) is 0 Å². The van der Waals surface area contributed by atoms with E-state index in [4.69, 9.17) is 5.73 Å². The first-order valence-electron chi connectivity index (χ1n) is 11.6. The molecular weight excluding hydrogens is 384 g/mol. The van der Waals surface area contributed by atoms with Crippen molar-refractivity contribution in [2.45, 2.75) is 44.2 Å². The zero-order chi connectivity index (χ0) is 21.8. The average molecular weight is 421 g/mol. The van der Waals surface area contributed by atoms with Crippen molar-refractivity contribution in [3.8, 4) is 11.1 Å². The van der Waals surface area contributed by atoms with E-state index in [0.29, 0.717) is 0 Å². The van der Waals surface area contributed by atoms with Crippen LogP contribution in [0.1, 0.15) is 37.7 Å². The van der Waals surface area contributed by atoms with E-state index in [0.717, 1.165) is 45.6 Å². The highest BCUT2D eigenvalue weighted by Gasteiger charge is 2.44. The Morgan fingerprint density at radius 3 is 2.35 bits per heavy atom. The highest BCUT2D eigenvalue weighted by Crippen LogP contribution is 2.33. The number of amides is 1. The summed E-state index contributed by atoms with van der Waals surface area (Å²) in [7, 11) is 4.17. The number of piperidine rings is 2. The number of primary amides is 1. The van der Waals surface area contributed by atoms with E-state index in [2.05, 4.69) is 77.3 Å². The highest BCUT2D eigenvalue weighted by molar-refractivity contribution is 5.85. The Kier molecular flexibility index (Phi) is 6.63. The number of anilines is 1. The molecule has 0 aliphatic carbocycles. The van der Waals surface area contributed by atoms with E-state index in [-0.39, 0.29) is 5.91 Å². The molecule has 0 aromatic heterocycles. The number of hydrogen-bond donors (Lipinski definition) is 1. The lowest BCUT2D eigenvalue weighted by Crippen LogP contribution is -2.63. The smallest absolute Gasteiger partial charge is 0.238 e. The molecule has 2 N–H and O–H groups in total. The molecule has 2 fully saturated rings. The molecule has 2 aliphatic heterocycles. The Morgan fingerprint density at radius 1 is 0.968 bits per heavy atom. The van der Waals surface area contributed by atoms with E-state index in [1.807, 2.05) is 0 Å². The van der Waals surface area contributed by atoms with Crippen LogP contribution in [-0.2, 0) is 11.3 Å². The highest BCUT2D eigenvalue weighted by atomic mass is 16.1. The van der Waals surface area contributed by atoms with Crippen LogP contribution in [0.4, 0.5) is 5.69 Å². The minimum Gasteiger partial charge on any atom is -0.377 e. The Balaban J connectivity index is 1.46. The van der Waals surface area contributed by atoms with Gasteiger partial charge >= 0.3 is 0 Å². The topological polar surface area (TPSA) is 52.8 Å². The molecule has 5 nitrogen and oxygen atoms in total. The second-order valence-electron chi connectivity index (χ2n) is 9.33. The van der Waals surface area contributed by atoms with Crippen molar-refractivity contribution in [3.63, 3.8) is 0 Å². The van der Waals surface area contributed by atoms with Crippen molar-refractivity contribution in [2.24, 2.45) is 5.73 Å². The van der Waals surface area contributed by atoms with Gasteiger partial charge in [-0.1, -0.05) is 42.8 Å². The van der Waals surface area contributed by atoms with Gasteiger partial charge in [0.15, 0.2) is 0 Å². The van der Waals surface area contributed by atoms with Crippen LogP contribution < -0.4 is 10.6 Å². The van der Waals surface area contributed by atoms with Gasteiger partial charge in [0.1, 0.15) is 5.54 Å². The third-order valence-electron chi connectivity index (χ3n) is 7.13. The minimum atomic E-state index is -0.441. The van der Waals surface area contributed by atoms with Gasteiger partial charge in [-0.3, -0.25) is 14.6 Å². The second kappa shape index (κ2) is 9.41. The quantitative estimate of drug-likeness (QED) is 0.774. The lowest BCUT2D eigenvalue weighted by molar-refractivity contribution is -0.135. The molecule has 0 radical (unpaired) electrons. The van der Waals surface area contributed by atoms with Gasteiger partial charge < -0.3 is 10.6 Å². The number of hydrogen-bond acceptors (Lipinski definition) is 4. The first-order chi connectivity index (χ1) is 15.0. The fourth-order valence-electron chi connectivity index (χ4n) is 5.32. The first kappa shape index (κ1) is 21.8. The molecule has 166 valence electrons. The van der Waals surface area contributed by atoms with Crippen LogP contribution in [0.2, 0.25) is 0 Å². The zero-order valence-corrected chi connectivity index (χ0v) is 19.0. The van der Waals surface area contributed by atoms with Gasteiger partial charge in [0.05, 0.1) is 0 Å². The number of carbonyl (C=O) groups is 1. The average Bonchev–Trinajstić information content (AvgIpc) is 2.80. The van der Waals surface area contributed by atoms with Crippen molar-refractivity contribution in [3.05, 3.63) is 54.1 Å². The molecule has 2 aromatic rings. The summed E-state index contributed by atoms with van der Waals surface area (Å²) in [5.74, 6) is -0.128. The summed E-state index contributed by atoms with van der Waals surface area (Å²) in [6.07, 6.45) is 5.31. The molecule has 31 heavy (non-hydrogen) atoms. The lowest BCUT2D eigenvalue weighted by atomic mass is 9.83. The summed E-state index contributed by atoms with van der Waals surface area (Å²) in [6.45, 7) is 4.76. The minimum absolute atomic E-state index is 0.128.